The average molecular weight is 275 g/mol. The Bertz CT molecular complexity index is 446. The Kier molecular flexibility index (Phi) is 4.18. The van der Waals surface area contributed by atoms with E-state index in [0.717, 1.165) is 38.0 Å². The Morgan fingerprint density at radius 1 is 1.25 bits per heavy atom. The summed E-state index contributed by atoms with van der Waals surface area (Å²) in [7, 11) is 0. The molecule has 0 bridgehead atoms. The highest BCUT2D eigenvalue weighted by molar-refractivity contribution is 5.69. The van der Waals surface area contributed by atoms with Gasteiger partial charge in [-0.05, 0) is 24.9 Å². The lowest BCUT2D eigenvalue weighted by Gasteiger charge is -2.36. The fourth-order valence-electron chi connectivity index (χ4n) is 2.84. The molecule has 2 unspecified atom stereocenters. The maximum absolute atomic E-state index is 12.4. The molecule has 2 N–H and O–H groups in total. The second kappa shape index (κ2) is 6.24. The molecule has 2 aliphatic heterocycles. The van der Waals surface area contributed by atoms with Crippen molar-refractivity contribution in [3.05, 3.63) is 35.9 Å². The van der Waals surface area contributed by atoms with E-state index in [1.54, 1.807) is 0 Å². The summed E-state index contributed by atoms with van der Waals surface area (Å²) >= 11 is 0. The Morgan fingerprint density at radius 3 is 2.85 bits per heavy atom. The first-order chi connectivity index (χ1) is 9.84. The number of hydrogen-bond acceptors (Lipinski definition) is 4. The number of rotatable bonds is 2. The van der Waals surface area contributed by atoms with Crippen molar-refractivity contribution in [3.8, 4) is 0 Å². The number of amides is 1. The molecular weight excluding hydrogens is 254 g/mol. The van der Waals surface area contributed by atoms with Gasteiger partial charge >= 0.3 is 6.09 Å². The molecule has 2 fully saturated rings. The van der Waals surface area contributed by atoms with Crippen molar-refractivity contribution in [2.45, 2.75) is 25.1 Å². The van der Waals surface area contributed by atoms with Gasteiger partial charge in [0.15, 0.2) is 6.23 Å². The van der Waals surface area contributed by atoms with Crippen LogP contribution in [0.5, 0.6) is 0 Å². The predicted molar refractivity (Wildman–Crippen MR) is 76.3 cm³/mol. The fourth-order valence-corrected chi connectivity index (χ4v) is 2.84. The summed E-state index contributed by atoms with van der Waals surface area (Å²) in [6, 6.07) is 10.2. The van der Waals surface area contributed by atoms with Crippen molar-refractivity contribution in [3.63, 3.8) is 0 Å². The van der Waals surface area contributed by atoms with Gasteiger partial charge in [0.25, 0.3) is 0 Å². The Labute approximate surface area is 119 Å². The number of nitrogens with one attached hydrogen (secondary N) is 2. The van der Waals surface area contributed by atoms with Gasteiger partial charge in [0.2, 0.25) is 0 Å². The molecule has 0 radical (unpaired) electrons. The second-order valence-corrected chi connectivity index (χ2v) is 5.29. The largest absolute Gasteiger partial charge is 0.430 e. The van der Waals surface area contributed by atoms with Gasteiger partial charge in [0.05, 0.1) is 6.04 Å². The minimum Gasteiger partial charge on any atom is -0.430 e. The molecule has 1 amide bonds. The predicted octanol–water partition coefficient (Wildman–Crippen LogP) is 1.48. The van der Waals surface area contributed by atoms with E-state index < -0.39 is 0 Å². The zero-order valence-electron chi connectivity index (χ0n) is 11.5. The number of nitrogens with zero attached hydrogens (tertiary/aromatic N) is 1. The van der Waals surface area contributed by atoms with Gasteiger partial charge < -0.3 is 10.1 Å². The summed E-state index contributed by atoms with van der Waals surface area (Å²) < 4.78 is 5.55. The number of carbonyl (C=O) groups is 1. The topological polar surface area (TPSA) is 53.6 Å². The maximum atomic E-state index is 12.4. The van der Waals surface area contributed by atoms with Crippen molar-refractivity contribution < 1.29 is 9.53 Å². The molecule has 0 saturated carbocycles. The van der Waals surface area contributed by atoms with Crippen LogP contribution < -0.4 is 10.6 Å². The smallest absolute Gasteiger partial charge is 0.411 e. The normalized spacial score (nSPS) is 26.5. The summed E-state index contributed by atoms with van der Waals surface area (Å²) in [4.78, 5) is 14.2. The third-order valence-corrected chi connectivity index (χ3v) is 3.92. The molecule has 2 saturated heterocycles. The van der Waals surface area contributed by atoms with Crippen molar-refractivity contribution in [2.24, 2.45) is 0 Å². The molecule has 0 spiro atoms. The lowest BCUT2D eigenvalue weighted by molar-refractivity contribution is 0.0391. The van der Waals surface area contributed by atoms with Crippen molar-refractivity contribution in [1.29, 1.82) is 0 Å². The quantitative estimate of drug-likeness (QED) is 0.858. The number of hydrogen-bond donors (Lipinski definition) is 2. The monoisotopic (exact) mass is 275 g/mol. The highest BCUT2D eigenvalue weighted by atomic mass is 16.6. The first kappa shape index (κ1) is 13.4. The van der Waals surface area contributed by atoms with E-state index in [1.165, 1.54) is 0 Å². The molecule has 20 heavy (non-hydrogen) atoms. The summed E-state index contributed by atoms with van der Waals surface area (Å²) in [5.74, 6) is 0. The summed E-state index contributed by atoms with van der Waals surface area (Å²) in [5.41, 5.74) is 1.15. The molecule has 2 aliphatic rings. The average Bonchev–Trinajstić information content (AvgIpc) is 3.01. The fraction of sp³-hybridized carbons (Fsp3) is 0.533. The van der Waals surface area contributed by atoms with Crippen molar-refractivity contribution in [1.82, 2.24) is 15.5 Å². The van der Waals surface area contributed by atoms with Crippen LogP contribution in [-0.4, -0.2) is 43.4 Å². The third kappa shape index (κ3) is 2.94. The molecule has 0 aliphatic carbocycles. The van der Waals surface area contributed by atoms with E-state index in [4.69, 9.17) is 4.74 Å². The molecule has 108 valence electrons. The first-order valence-corrected chi connectivity index (χ1v) is 7.31. The van der Waals surface area contributed by atoms with Crippen LogP contribution in [0.3, 0.4) is 0 Å². The molecule has 2 heterocycles. The number of ether oxygens (including phenoxy) is 1. The van der Waals surface area contributed by atoms with Crippen molar-refractivity contribution >= 4 is 6.09 Å². The van der Waals surface area contributed by atoms with Crippen LogP contribution in [0.2, 0.25) is 0 Å². The van der Waals surface area contributed by atoms with E-state index in [2.05, 4.69) is 22.8 Å². The molecule has 1 aromatic carbocycles. The standard InChI is InChI=1S/C15H21N3O2/c19-15(20-14-7-4-8-17-14)18-10-9-16-11-13(18)12-5-2-1-3-6-12/h1-3,5-6,13-14,16-17H,4,7-11H2. The summed E-state index contributed by atoms with van der Waals surface area (Å²) in [6.07, 6.45) is 1.66. The molecule has 3 rings (SSSR count). The second-order valence-electron chi connectivity index (χ2n) is 5.29. The SMILES string of the molecule is O=C(OC1CCCN1)N1CCNCC1c1ccccc1. The zero-order chi connectivity index (χ0) is 13.8. The van der Waals surface area contributed by atoms with Gasteiger partial charge in [-0.15, -0.1) is 0 Å². The molecule has 5 heteroatoms. The van der Waals surface area contributed by atoms with Crippen LogP contribution in [0.4, 0.5) is 4.79 Å². The lowest BCUT2D eigenvalue weighted by atomic mass is 10.0. The van der Waals surface area contributed by atoms with Gasteiger partial charge in [0.1, 0.15) is 0 Å². The number of benzene rings is 1. The number of carbonyl (C=O) groups excluding carboxylic acids is 1. The van der Waals surface area contributed by atoms with Crippen LogP contribution in [0.1, 0.15) is 24.4 Å². The summed E-state index contributed by atoms with van der Waals surface area (Å²) in [6.45, 7) is 3.21. The lowest BCUT2D eigenvalue weighted by Crippen LogP contribution is -2.50. The highest BCUT2D eigenvalue weighted by Gasteiger charge is 2.30. The van der Waals surface area contributed by atoms with Crippen LogP contribution in [-0.2, 0) is 4.74 Å². The van der Waals surface area contributed by atoms with Crippen LogP contribution >= 0.6 is 0 Å². The van der Waals surface area contributed by atoms with E-state index in [1.807, 2.05) is 23.1 Å². The number of piperazine rings is 1. The minimum absolute atomic E-state index is 0.0545. The Balaban J connectivity index is 1.70. The zero-order valence-corrected chi connectivity index (χ0v) is 11.5. The molecule has 2 atom stereocenters. The van der Waals surface area contributed by atoms with E-state index >= 15 is 0 Å². The molecular formula is C15H21N3O2. The molecule has 0 aromatic heterocycles. The van der Waals surface area contributed by atoms with E-state index in [9.17, 15) is 4.79 Å². The molecule has 5 nitrogen and oxygen atoms in total. The van der Waals surface area contributed by atoms with Gasteiger partial charge in [-0.3, -0.25) is 10.2 Å². The Hall–Kier alpha value is -1.59. The van der Waals surface area contributed by atoms with Crippen LogP contribution in [0, 0.1) is 0 Å². The van der Waals surface area contributed by atoms with Gasteiger partial charge in [-0.1, -0.05) is 30.3 Å². The van der Waals surface area contributed by atoms with E-state index in [0.29, 0.717) is 6.54 Å². The third-order valence-electron chi connectivity index (χ3n) is 3.92. The molecule has 1 aromatic rings. The summed E-state index contributed by atoms with van der Waals surface area (Å²) in [5, 5.41) is 6.54. The van der Waals surface area contributed by atoms with Gasteiger partial charge in [-0.2, -0.15) is 0 Å². The minimum atomic E-state index is -0.209. The van der Waals surface area contributed by atoms with Crippen LogP contribution in [0.25, 0.3) is 0 Å². The van der Waals surface area contributed by atoms with Gasteiger partial charge in [0, 0.05) is 19.6 Å². The van der Waals surface area contributed by atoms with E-state index in [-0.39, 0.29) is 18.4 Å². The van der Waals surface area contributed by atoms with Crippen LogP contribution in [0.15, 0.2) is 30.3 Å². The maximum Gasteiger partial charge on any atom is 0.411 e. The van der Waals surface area contributed by atoms with Crippen molar-refractivity contribution in [2.75, 3.05) is 26.2 Å². The highest BCUT2D eigenvalue weighted by Crippen LogP contribution is 2.23. The first-order valence-electron chi connectivity index (χ1n) is 7.31. The van der Waals surface area contributed by atoms with Gasteiger partial charge in [-0.25, -0.2) is 4.79 Å². The Morgan fingerprint density at radius 2 is 2.10 bits per heavy atom.